The number of alkyl halides is 3. The molecule has 0 radical (unpaired) electrons. The van der Waals surface area contributed by atoms with Crippen LogP contribution < -0.4 is 5.73 Å². The van der Waals surface area contributed by atoms with Crippen LogP contribution >= 0.6 is 11.8 Å². The van der Waals surface area contributed by atoms with Gasteiger partial charge in [0.1, 0.15) is 0 Å². The van der Waals surface area contributed by atoms with Crippen LogP contribution in [0.1, 0.15) is 11.1 Å². The average molecular weight is 323 g/mol. The summed E-state index contributed by atoms with van der Waals surface area (Å²) in [5.41, 5.74) is 7.70. The molecule has 0 unspecified atom stereocenters. The van der Waals surface area contributed by atoms with E-state index >= 15 is 0 Å². The number of nitrogens with one attached hydrogen (secondary N) is 1. The van der Waals surface area contributed by atoms with Gasteiger partial charge in [0.25, 0.3) is 0 Å². The maximum Gasteiger partial charge on any atom is 0.416 e. The van der Waals surface area contributed by atoms with Crippen LogP contribution in [0.2, 0.25) is 0 Å². The second-order valence-electron chi connectivity index (χ2n) is 4.76. The number of nitrogens with zero attached hydrogens (tertiary/aromatic N) is 1. The zero-order valence-electron chi connectivity index (χ0n) is 11.3. The highest BCUT2D eigenvalue weighted by Gasteiger charge is 2.30. The van der Waals surface area contributed by atoms with Crippen molar-refractivity contribution in [1.82, 2.24) is 9.97 Å². The number of hydrogen-bond acceptors (Lipinski definition) is 3. The molecule has 0 saturated heterocycles. The molecule has 7 heteroatoms. The SMILES string of the molecule is Nc1ccccc1CSc1nc2ccc(C(F)(F)F)cc2[nH]1. The molecular weight excluding hydrogens is 311 g/mol. The summed E-state index contributed by atoms with van der Waals surface area (Å²) in [5.74, 6) is 0.596. The molecular formula is C15H12F3N3S. The van der Waals surface area contributed by atoms with Gasteiger partial charge in [0.05, 0.1) is 16.6 Å². The fourth-order valence-electron chi connectivity index (χ4n) is 2.04. The number of H-pyrrole nitrogens is 1. The molecule has 3 N–H and O–H groups in total. The van der Waals surface area contributed by atoms with Gasteiger partial charge in [0.15, 0.2) is 5.16 Å². The van der Waals surface area contributed by atoms with Crippen LogP contribution in [-0.2, 0) is 11.9 Å². The van der Waals surface area contributed by atoms with Crippen molar-refractivity contribution in [2.75, 3.05) is 5.73 Å². The minimum absolute atomic E-state index is 0.373. The summed E-state index contributed by atoms with van der Waals surface area (Å²) >= 11 is 1.40. The largest absolute Gasteiger partial charge is 0.416 e. The van der Waals surface area contributed by atoms with E-state index < -0.39 is 11.7 Å². The zero-order chi connectivity index (χ0) is 15.7. The van der Waals surface area contributed by atoms with Crippen molar-refractivity contribution in [1.29, 1.82) is 0 Å². The molecule has 3 nitrogen and oxygen atoms in total. The van der Waals surface area contributed by atoms with Gasteiger partial charge >= 0.3 is 6.18 Å². The van der Waals surface area contributed by atoms with E-state index in [1.165, 1.54) is 17.8 Å². The summed E-state index contributed by atoms with van der Waals surface area (Å²) < 4.78 is 38.0. The molecule has 0 aliphatic carbocycles. The Kier molecular flexibility index (Phi) is 3.74. The number of para-hydroxylation sites is 1. The van der Waals surface area contributed by atoms with Crippen LogP contribution in [-0.4, -0.2) is 9.97 Å². The molecule has 0 saturated carbocycles. The van der Waals surface area contributed by atoms with Gasteiger partial charge in [-0.1, -0.05) is 30.0 Å². The van der Waals surface area contributed by atoms with E-state index in [-0.39, 0.29) is 0 Å². The molecule has 1 aromatic heterocycles. The fraction of sp³-hybridized carbons (Fsp3) is 0.133. The average Bonchev–Trinajstić information content (AvgIpc) is 2.87. The number of anilines is 1. The van der Waals surface area contributed by atoms with Crippen LogP contribution in [0.15, 0.2) is 47.6 Å². The number of aromatic amines is 1. The Morgan fingerprint density at radius 3 is 2.64 bits per heavy atom. The van der Waals surface area contributed by atoms with E-state index in [0.717, 1.165) is 17.7 Å². The van der Waals surface area contributed by atoms with Gasteiger partial charge in [-0.15, -0.1) is 0 Å². The first-order valence-corrected chi connectivity index (χ1v) is 7.45. The third-order valence-electron chi connectivity index (χ3n) is 3.21. The number of hydrogen-bond donors (Lipinski definition) is 2. The predicted octanol–water partition coefficient (Wildman–Crippen LogP) is 4.46. The number of benzene rings is 2. The van der Waals surface area contributed by atoms with Gasteiger partial charge in [-0.05, 0) is 29.8 Å². The highest BCUT2D eigenvalue weighted by Crippen LogP contribution is 2.32. The maximum absolute atomic E-state index is 12.7. The molecule has 3 aromatic rings. The van der Waals surface area contributed by atoms with E-state index in [4.69, 9.17) is 5.73 Å². The highest BCUT2D eigenvalue weighted by atomic mass is 32.2. The van der Waals surface area contributed by atoms with E-state index in [9.17, 15) is 13.2 Å². The first-order chi connectivity index (χ1) is 10.4. The Balaban J connectivity index is 1.82. The number of nitrogen functional groups attached to an aromatic ring is 1. The number of aromatic nitrogens is 2. The van der Waals surface area contributed by atoms with Crippen LogP contribution in [0.3, 0.4) is 0 Å². The van der Waals surface area contributed by atoms with Crippen molar-refractivity contribution in [3.63, 3.8) is 0 Å². The monoisotopic (exact) mass is 323 g/mol. The molecule has 0 atom stereocenters. The molecule has 0 aliphatic heterocycles. The van der Waals surface area contributed by atoms with E-state index in [1.807, 2.05) is 24.3 Å². The van der Waals surface area contributed by atoms with E-state index in [1.54, 1.807) is 0 Å². The number of fused-ring (bicyclic) bond motifs is 1. The second kappa shape index (κ2) is 5.57. The summed E-state index contributed by atoms with van der Waals surface area (Å²) in [6.45, 7) is 0. The highest BCUT2D eigenvalue weighted by molar-refractivity contribution is 7.98. The summed E-state index contributed by atoms with van der Waals surface area (Å²) in [6.07, 6.45) is -4.36. The Labute approximate surface area is 128 Å². The Morgan fingerprint density at radius 2 is 1.91 bits per heavy atom. The number of halogens is 3. The lowest BCUT2D eigenvalue weighted by atomic mass is 10.2. The van der Waals surface area contributed by atoms with Gasteiger partial charge in [0.2, 0.25) is 0 Å². The van der Waals surface area contributed by atoms with Crippen molar-refractivity contribution in [2.24, 2.45) is 0 Å². The fourth-order valence-corrected chi connectivity index (χ4v) is 2.94. The number of nitrogens with two attached hydrogens (primary N) is 1. The van der Waals surface area contributed by atoms with Crippen LogP contribution in [0.4, 0.5) is 18.9 Å². The molecule has 0 fully saturated rings. The lowest BCUT2D eigenvalue weighted by Crippen LogP contribution is -2.04. The van der Waals surface area contributed by atoms with Gasteiger partial charge < -0.3 is 10.7 Å². The van der Waals surface area contributed by atoms with E-state index in [2.05, 4.69) is 9.97 Å². The molecule has 0 spiro atoms. The van der Waals surface area contributed by atoms with Crippen molar-refractivity contribution < 1.29 is 13.2 Å². The molecule has 1 heterocycles. The molecule has 0 bridgehead atoms. The lowest BCUT2D eigenvalue weighted by molar-refractivity contribution is -0.137. The van der Waals surface area contributed by atoms with Crippen molar-refractivity contribution in [2.45, 2.75) is 17.1 Å². The van der Waals surface area contributed by atoms with Crippen LogP contribution in [0, 0.1) is 0 Å². The summed E-state index contributed by atoms with van der Waals surface area (Å²) in [7, 11) is 0. The number of imidazole rings is 1. The Hall–Kier alpha value is -2.15. The Morgan fingerprint density at radius 1 is 1.14 bits per heavy atom. The van der Waals surface area contributed by atoms with Crippen molar-refractivity contribution >= 4 is 28.5 Å². The van der Waals surface area contributed by atoms with Crippen LogP contribution in [0.25, 0.3) is 11.0 Å². The van der Waals surface area contributed by atoms with Crippen molar-refractivity contribution in [3.05, 3.63) is 53.6 Å². The summed E-state index contributed by atoms with van der Waals surface area (Å²) in [5, 5.41) is 0.567. The second-order valence-corrected chi connectivity index (χ2v) is 5.72. The number of rotatable bonds is 3. The van der Waals surface area contributed by atoms with Gasteiger partial charge in [-0.2, -0.15) is 13.2 Å². The topological polar surface area (TPSA) is 54.7 Å². The van der Waals surface area contributed by atoms with E-state index in [0.29, 0.717) is 27.6 Å². The Bertz CT molecular complexity index is 811. The summed E-state index contributed by atoms with van der Waals surface area (Å²) in [6, 6.07) is 10.9. The molecule has 22 heavy (non-hydrogen) atoms. The van der Waals surface area contributed by atoms with Gasteiger partial charge in [-0.3, -0.25) is 0 Å². The van der Waals surface area contributed by atoms with Crippen LogP contribution in [0.5, 0.6) is 0 Å². The number of thioether (sulfide) groups is 1. The molecule has 2 aromatic carbocycles. The first kappa shape index (κ1) is 14.8. The van der Waals surface area contributed by atoms with Gasteiger partial charge in [0, 0.05) is 11.4 Å². The zero-order valence-corrected chi connectivity index (χ0v) is 12.1. The normalized spacial score (nSPS) is 12.0. The third kappa shape index (κ3) is 3.04. The predicted molar refractivity (Wildman–Crippen MR) is 81.5 cm³/mol. The molecule has 3 rings (SSSR count). The lowest BCUT2D eigenvalue weighted by Gasteiger charge is -2.05. The van der Waals surface area contributed by atoms with Crippen molar-refractivity contribution in [3.8, 4) is 0 Å². The molecule has 0 amide bonds. The molecule has 0 aliphatic rings. The minimum Gasteiger partial charge on any atom is -0.398 e. The third-order valence-corrected chi connectivity index (χ3v) is 4.13. The first-order valence-electron chi connectivity index (χ1n) is 6.46. The summed E-state index contributed by atoms with van der Waals surface area (Å²) in [4.78, 5) is 7.19. The maximum atomic E-state index is 12.7. The molecule has 114 valence electrons. The quantitative estimate of drug-likeness (QED) is 0.553. The smallest absolute Gasteiger partial charge is 0.398 e. The standard InChI is InChI=1S/C15H12F3N3S/c16-15(17,18)10-5-6-12-13(7-10)21-14(20-12)22-8-9-3-1-2-4-11(9)19/h1-7H,8,19H2,(H,20,21). The van der Waals surface area contributed by atoms with Gasteiger partial charge in [-0.25, -0.2) is 4.98 Å². The minimum atomic E-state index is -4.36.